The van der Waals surface area contributed by atoms with Crippen molar-refractivity contribution in [1.82, 2.24) is 4.90 Å². The number of likely N-dealkylation sites (tertiary alicyclic amines) is 1. The Bertz CT molecular complexity index is 753. The van der Waals surface area contributed by atoms with Gasteiger partial charge in [-0.25, -0.2) is 4.79 Å². The third-order valence-corrected chi connectivity index (χ3v) is 4.64. The number of anilines is 1. The number of amides is 2. The predicted octanol–water partition coefficient (Wildman–Crippen LogP) is 5.01. The molecule has 1 aliphatic rings. The Labute approximate surface area is 151 Å². The van der Waals surface area contributed by atoms with E-state index in [1.807, 2.05) is 23.1 Å². The maximum atomic E-state index is 12.6. The highest BCUT2D eigenvalue weighted by atomic mass is 19.3. The molecular formula is C20H22F2N2O2. The average Bonchev–Trinajstić information content (AvgIpc) is 2.64. The monoisotopic (exact) mass is 360 g/mol. The first-order chi connectivity index (χ1) is 12.5. The van der Waals surface area contributed by atoms with Crippen molar-refractivity contribution in [2.75, 3.05) is 18.4 Å². The SMILES string of the molecule is Cc1cc(OC(F)F)ccc1NC(=O)N1CCC[C@H](c2ccccc2)C1. The molecule has 2 aromatic rings. The van der Waals surface area contributed by atoms with Crippen molar-refractivity contribution in [3.05, 3.63) is 59.7 Å². The first-order valence-electron chi connectivity index (χ1n) is 8.69. The van der Waals surface area contributed by atoms with Crippen LogP contribution in [-0.4, -0.2) is 30.6 Å². The van der Waals surface area contributed by atoms with Gasteiger partial charge in [-0.1, -0.05) is 30.3 Å². The minimum atomic E-state index is -2.86. The van der Waals surface area contributed by atoms with Gasteiger partial charge in [0.15, 0.2) is 0 Å². The lowest BCUT2D eigenvalue weighted by Gasteiger charge is -2.33. The van der Waals surface area contributed by atoms with Crippen molar-refractivity contribution in [2.24, 2.45) is 0 Å². The standard InChI is InChI=1S/C20H22F2N2O2/c1-14-12-17(26-19(21)22)9-10-18(14)23-20(25)24-11-5-8-16(13-24)15-6-3-2-4-7-15/h2-4,6-7,9-10,12,16,19H,5,8,11,13H2,1H3,(H,23,25)/t16-/m0/s1. The fourth-order valence-electron chi connectivity index (χ4n) is 3.31. The number of hydrogen-bond acceptors (Lipinski definition) is 2. The normalized spacial score (nSPS) is 17.2. The smallest absolute Gasteiger partial charge is 0.387 e. The van der Waals surface area contributed by atoms with E-state index in [9.17, 15) is 13.6 Å². The van der Waals surface area contributed by atoms with E-state index in [2.05, 4.69) is 22.2 Å². The molecule has 0 unspecified atom stereocenters. The van der Waals surface area contributed by atoms with E-state index >= 15 is 0 Å². The Morgan fingerprint density at radius 2 is 2.00 bits per heavy atom. The van der Waals surface area contributed by atoms with Crippen LogP contribution in [0, 0.1) is 6.92 Å². The van der Waals surface area contributed by atoms with Gasteiger partial charge in [-0.05, 0) is 49.1 Å². The second kappa shape index (κ2) is 8.17. The minimum absolute atomic E-state index is 0.0811. The molecule has 1 atom stereocenters. The number of halogens is 2. The summed E-state index contributed by atoms with van der Waals surface area (Å²) < 4.78 is 28.9. The Morgan fingerprint density at radius 3 is 2.69 bits per heavy atom. The third-order valence-electron chi connectivity index (χ3n) is 4.64. The molecule has 4 nitrogen and oxygen atoms in total. The number of urea groups is 1. The van der Waals surface area contributed by atoms with Crippen LogP contribution in [0.5, 0.6) is 5.75 Å². The van der Waals surface area contributed by atoms with Crippen molar-refractivity contribution in [2.45, 2.75) is 32.3 Å². The Hall–Kier alpha value is -2.63. The second-order valence-electron chi connectivity index (χ2n) is 6.48. The zero-order chi connectivity index (χ0) is 18.5. The van der Waals surface area contributed by atoms with Crippen molar-refractivity contribution in [1.29, 1.82) is 0 Å². The summed E-state index contributed by atoms with van der Waals surface area (Å²) in [6.45, 7) is 0.261. The maximum Gasteiger partial charge on any atom is 0.387 e. The zero-order valence-electron chi connectivity index (χ0n) is 14.6. The highest BCUT2D eigenvalue weighted by Gasteiger charge is 2.25. The molecule has 0 saturated carbocycles. The summed E-state index contributed by atoms with van der Waals surface area (Å²) in [5, 5.41) is 2.88. The van der Waals surface area contributed by atoms with Crippen LogP contribution >= 0.6 is 0 Å². The number of alkyl halides is 2. The third kappa shape index (κ3) is 4.50. The number of ether oxygens (including phenoxy) is 1. The molecule has 1 saturated heterocycles. The number of carbonyl (C=O) groups excluding carboxylic acids is 1. The summed E-state index contributed by atoms with van der Waals surface area (Å²) in [5.41, 5.74) is 2.52. The lowest BCUT2D eigenvalue weighted by atomic mass is 9.91. The molecule has 2 aromatic carbocycles. The largest absolute Gasteiger partial charge is 0.435 e. The van der Waals surface area contributed by atoms with Crippen molar-refractivity contribution in [3.63, 3.8) is 0 Å². The predicted molar refractivity (Wildman–Crippen MR) is 96.8 cm³/mol. The van der Waals surface area contributed by atoms with E-state index in [4.69, 9.17) is 0 Å². The molecule has 3 rings (SSSR count). The Morgan fingerprint density at radius 1 is 1.23 bits per heavy atom. The van der Waals surface area contributed by atoms with Gasteiger partial charge in [0.2, 0.25) is 0 Å². The van der Waals surface area contributed by atoms with Crippen molar-refractivity contribution < 1.29 is 18.3 Å². The topological polar surface area (TPSA) is 41.6 Å². The van der Waals surface area contributed by atoms with Gasteiger partial charge < -0.3 is 15.0 Å². The van der Waals surface area contributed by atoms with Gasteiger partial charge in [-0.2, -0.15) is 8.78 Å². The molecule has 1 heterocycles. The average molecular weight is 360 g/mol. The number of nitrogens with zero attached hydrogens (tertiary/aromatic N) is 1. The molecule has 1 fully saturated rings. The van der Waals surface area contributed by atoms with E-state index in [1.165, 1.54) is 17.7 Å². The van der Waals surface area contributed by atoms with Gasteiger partial charge in [0, 0.05) is 24.7 Å². The number of piperidine rings is 1. The molecule has 0 bridgehead atoms. The van der Waals surface area contributed by atoms with Gasteiger partial charge in [0.05, 0.1) is 0 Å². The summed E-state index contributed by atoms with van der Waals surface area (Å²) in [6, 6.07) is 14.5. The van der Waals surface area contributed by atoms with Gasteiger partial charge in [-0.3, -0.25) is 0 Å². The first kappa shape index (κ1) is 18.2. The Balaban J connectivity index is 1.64. The number of nitrogens with one attached hydrogen (secondary N) is 1. The zero-order valence-corrected chi connectivity index (χ0v) is 14.6. The van der Waals surface area contributed by atoms with Crippen LogP contribution in [0.25, 0.3) is 0 Å². The van der Waals surface area contributed by atoms with E-state index in [-0.39, 0.29) is 11.8 Å². The molecule has 138 valence electrons. The van der Waals surface area contributed by atoms with Gasteiger partial charge in [-0.15, -0.1) is 0 Å². The van der Waals surface area contributed by atoms with E-state index in [0.717, 1.165) is 12.8 Å². The fourth-order valence-corrected chi connectivity index (χ4v) is 3.31. The quantitative estimate of drug-likeness (QED) is 0.833. The molecule has 26 heavy (non-hydrogen) atoms. The Kier molecular flexibility index (Phi) is 5.71. The van der Waals surface area contributed by atoms with Crippen LogP contribution in [-0.2, 0) is 0 Å². The van der Waals surface area contributed by atoms with Crippen LogP contribution in [0.15, 0.2) is 48.5 Å². The highest BCUT2D eigenvalue weighted by molar-refractivity contribution is 5.90. The molecule has 0 spiro atoms. The number of carbonyl (C=O) groups is 1. The fraction of sp³-hybridized carbons (Fsp3) is 0.350. The molecule has 0 radical (unpaired) electrons. The number of rotatable bonds is 4. The lowest BCUT2D eigenvalue weighted by Crippen LogP contribution is -2.41. The number of benzene rings is 2. The minimum Gasteiger partial charge on any atom is -0.435 e. The highest BCUT2D eigenvalue weighted by Crippen LogP contribution is 2.28. The van der Waals surface area contributed by atoms with Crippen molar-refractivity contribution >= 4 is 11.7 Å². The van der Waals surface area contributed by atoms with Crippen LogP contribution in [0.2, 0.25) is 0 Å². The molecule has 0 aliphatic carbocycles. The van der Waals surface area contributed by atoms with E-state index < -0.39 is 6.61 Å². The first-order valence-corrected chi connectivity index (χ1v) is 8.69. The van der Waals surface area contributed by atoms with Crippen LogP contribution in [0.1, 0.15) is 29.9 Å². The van der Waals surface area contributed by atoms with Crippen LogP contribution < -0.4 is 10.1 Å². The molecule has 1 aliphatic heterocycles. The van der Waals surface area contributed by atoms with Crippen molar-refractivity contribution in [3.8, 4) is 5.75 Å². The van der Waals surface area contributed by atoms with Gasteiger partial charge in [0.25, 0.3) is 0 Å². The summed E-state index contributed by atoms with van der Waals surface area (Å²) in [7, 11) is 0. The number of hydrogen-bond donors (Lipinski definition) is 1. The lowest BCUT2D eigenvalue weighted by molar-refractivity contribution is -0.0498. The molecular weight excluding hydrogens is 338 g/mol. The molecule has 2 amide bonds. The molecule has 6 heteroatoms. The summed E-state index contributed by atoms with van der Waals surface area (Å²) in [6.07, 6.45) is 2.01. The van der Waals surface area contributed by atoms with E-state index in [1.54, 1.807) is 13.0 Å². The molecule has 0 aromatic heterocycles. The summed E-state index contributed by atoms with van der Waals surface area (Å²) in [4.78, 5) is 14.4. The van der Waals surface area contributed by atoms with Crippen LogP contribution in [0.3, 0.4) is 0 Å². The van der Waals surface area contributed by atoms with Crippen LogP contribution in [0.4, 0.5) is 19.3 Å². The maximum absolute atomic E-state index is 12.6. The number of aryl methyl sites for hydroxylation is 1. The second-order valence-corrected chi connectivity index (χ2v) is 6.48. The van der Waals surface area contributed by atoms with E-state index in [0.29, 0.717) is 30.3 Å². The summed E-state index contributed by atoms with van der Waals surface area (Å²) >= 11 is 0. The van der Waals surface area contributed by atoms with Gasteiger partial charge >= 0.3 is 12.6 Å². The van der Waals surface area contributed by atoms with Gasteiger partial charge in [0.1, 0.15) is 5.75 Å². The summed E-state index contributed by atoms with van der Waals surface area (Å²) in [5.74, 6) is 0.413. The molecule has 1 N–H and O–H groups in total.